The van der Waals surface area contributed by atoms with E-state index in [9.17, 15) is 8.42 Å². The minimum atomic E-state index is -3.70. The van der Waals surface area contributed by atoms with Crippen LogP contribution in [0.1, 0.15) is 17.0 Å². The summed E-state index contributed by atoms with van der Waals surface area (Å²) < 4.78 is 35.7. The topological polar surface area (TPSA) is 85.2 Å². The molecule has 1 aromatic heterocycles. The van der Waals surface area contributed by atoms with Crippen LogP contribution < -0.4 is 14.8 Å². The van der Waals surface area contributed by atoms with Gasteiger partial charge in [-0.05, 0) is 67.9 Å². The molecule has 0 atom stereocenters. The number of hydrogen-bond acceptors (Lipinski definition) is 5. The van der Waals surface area contributed by atoms with Gasteiger partial charge in [-0.3, -0.25) is 9.40 Å². The van der Waals surface area contributed by atoms with Gasteiger partial charge in [-0.15, -0.1) is 0 Å². The van der Waals surface area contributed by atoms with Gasteiger partial charge in [0.2, 0.25) is 0 Å². The molecule has 0 aliphatic carbocycles. The summed E-state index contributed by atoms with van der Waals surface area (Å²) in [5.41, 5.74) is 3.82. The second kappa shape index (κ2) is 9.38. The number of nitrogens with one attached hydrogen (secondary N) is 2. The number of para-hydroxylation sites is 1. The third-order valence-electron chi connectivity index (χ3n) is 5.31. The standard InChI is InChI=1S/C25H26N4O3S/c1-18-25(19(2)29(3)27-18)28-33(30,31)24-15-9-20(10-16-24)17-26-21-11-13-23(14-12-21)32-22-7-5-4-6-8-22/h4-16,26,28H,17H2,1-3H3. The van der Waals surface area contributed by atoms with Crippen molar-refractivity contribution in [2.75, 3.05) is 10.0 Å². The van der Waals surface area contributed by atoms with E-state index in [1.165, 1.54) is 0 Å². The minimum absolute atomic E-state index is 0.205. The summed E-state index contributed by atoms with van der Waals surface area (Å²) in [6.07, 6.45) is 0. The molecule has 0 amide bonds. The number of hydrogen-bond donors (Lipinski definition) is 2. The van der Waals surface area contributed by atoms with E-state index in [2.05, 4.69) is 15.1 Å². The van der Waals surface area contributed by atoms with Crippen LogP contribution in [0.3, 0.4) is 0 Å². The van der Waals surface area contributed by atoms with Crippen molar-refractivity contribution in [1.82, 2.24) is 9.78 Å². The van der Waals surface area contributed by atoms with Crippen molar-refractivity contribution in [3.05, 3.63) is 95.8 Å². The van der Waals surface area contributed by atoms with Crippen molar-refractivity contribution in [2.45, 2.75) is 25.3 Å². The quantitative estimate of drug-likeness (QED) is 0.374. The maximum Gasteiger partial charge on any atom is 0.262 e. The maximum absolute atomic E-state index is 12.8. The van der Waals surface area contributed by atoms with E-state index < -0.39 is 10.0 Å². The fourth-order valence-corrected chi connectivity index (χ4v) is 4.55. The van der Waals surface area contributed by atoms with Gasteiger partial charge in [0.1, 0.15) is 11.5 Å². The van der Waals surface area contributed by atoms with Gasteiger partial charge < -0.3 is 10.1 Å². The molecule has 0 spiro atoms. The van der Waals surface area contributed by atoms with E-state index in [4.69, 9.17) is 4.74 Å². The second-order valence-electron chi connectivity index (χ2n) is 7.71. The molecule has 170 valence electrons. The lowest BCUT2D eigenvalue weighted by Crippen LogP contribution is -2.14. The Hall–Kier alpha value is -3.78. The fourth-order valence-electron chi connectivity index (χ4n) is 3.37. The second-order valence-corrected chi connectivity index (χ2v) is 9.39. The number of nitrogens with zero attached hydrogens (tertiary/aromatic N) is 2. The van der Waals surface area contributed by atoms with Gasteiger partial charge in [0.25, 0.3) is 10.0 Å². The predicted octanol–water partition coefficient (Wildman–Crippen LogP) is 5.24. The van der Waals surface area contributed by atoms with Crippen LogP contribution in [0.4, 0.5) is 11.4 Å². The molecule has 7 nitrogen and oxygen atoms in total. The molecular weight excluding hydrogens is 436 g/mol. The zero-order valence-corrected chi connectivity index (χ0v) is 19.6. The lowest BCUT2D eigenvalue weighted by atomic mass is 10.2. The molecule has 0 unspecified atom stereocenters. The number of aromatic nitrogens is 2. The van der Waals surface area contributed by atoms with E-state index in [1.54, 1.807) is 42.9 Å². The van der Waals surface area contributed by atoms with Crippen LogP contribution in [0.5, 0.6) is 11.5 Å². The van der Waals surface area contributed by atoms with Gasteiger partial charge in [-0.25, -0.2) is 8.42 Å². The zero-order chi connectivity index (χ0) is 23.4. The highest BCUT2D eigenvalue weighted by Gasteiger charge is 2.19. The molecule has 33 heavy (non-hydrogen) atoms. The monoisotopic (exact) mass is 462 g/mol. The summed E-state index contributed by atoms with van der Waals surface area (Å²) >= 11 is 0. The summed E-state index contributed by atoms with van der Waals surface area (Å²) in [6.45, 7) is 4.17. The number of sulfonamides is 1. The average Bonchev–Trinajstić information content (AvgIpc) is 3.05. The van der Waals surface area contributed by atoms with Gasteiger partial charge in [0.15, 0.2) is 0 Å². The Balaban J connectivity index is 1.36. The van der Waals surface area contributed by atoms with E-state index in [1.807, 2.05) is 61.5 Å². The van der Waals surface area contributed by atoms with E-state index in [0.29, 0.717) is 17.9 Å². The average molecular weight is 463 g/mol. The normalized spacial score (nSPS) is 11.2. The molecule has 2 N–H and O–H groups in total. The highest BCUT2D eigenvalue weighted by Crippen LogP contribution is 2.24. The van der Waals surface area contributed by atoms with Gasteiger partial charge in [-0.1, -0.05) is 30.3 Å². The molecule has 8 heteroatoms. The van der Waals surface area contributed by atoms with Crippen LogP contribution in [-0.4, -0.2) is 18.2 Å². The number of rotatable bonds is 8. The van der Waals surface area contributed by atoms with E-state index in [-0.39, 0.29) is 4.90 Å². The number of aryl methyl sites for hydroxylation is 2. The van der Waals surface area contributed by atoms with Crippen molar-refractivity contribution >= 4 is 21.4 Å². The van der Waals surface area contributed by atoms with Crippen LogP contribution in [0, 0.1) is 13.8 Å². The number of anilines is 2. The fraction of sp³-hybridized carbons (Fsp3) is 0.160. The lowest BCUT2D eigenvalue weighted by molar-refractivity contribution is 0.483. The van der Waals surface area contributed by atoms with Gasteiger partial charge >= 0.3 is 0 Å². The molecule has 4 aromatic rings. The summed E-state index contributed by atoms with van der Waals surface area (Å²) in [6, 6.07) is 24.1. The maximum atomic E-state index is 12.8. The Kier molecular flexibility index (Phi) is 6.37. The largest absolute Gasteiger partial charge is 0.457 e. The molecule has 0 fully saturated rings. The Morgan fingerprint density at radius 1 is 0.879 bits per heavy atom. The summed E-state index contributed by atoms with van der Waals surface area (Å²) in [5, 5.41) is 7.59. The Morgan fingerprint density at radius 2 is 1.52 bits per heavy atom. The highest BCUT2D eigenvalue weighted by atomic mass is 32.2. The minimum Gasteiger partial charge on any atom is -0.457 e. The molecule has 0 radical (unpaired) electrons. The first-order valence-corrected chi connectivity index (χ1v) is 12.0. The SMILES string of the molecule is Cc1nn(C)c(C)c1NS(=O)(=O)c1ccc(CNc2ccc(Oc3ccccc3)cc2)cc1. The first-order chi connectivity index (χ1) is 15.8. The van der Waals surface area contributed by atoms with Crippen molar-refractivity contribution in [3.8, 4) is 11.5 Å². The first-order valence-electron chi connectivity index (χ1n) is 10.5. The lowest BCUT2D eigenvalue weighted by Gasteiger charge is -2.11. The predicted molar refractivity (Wildman–Crippen MR) is 130 cm³/mol. The number of benzene rings is 3. The summed E-state index contributed by atoms with van der Waals surface area (Å²) in [5.74, 6) is 1.55. The van der Waals surface area contributed by atoms with E-state index >= 15 is 0 Å². The molecular formula is C25H26N4O3S. The molecule has 4 rings (SSSR count). The molecule has 0 bridgehead atoms. The molecule has 1 heterocycles. The molecule has 0 saturated heterocycles. The molecule has 0 saturated carbocycles. The molecule has 3 aromatic carbocycles. The van der Waals surface area contributed by atoms with Gasteiger partial charge in [0, 0.05) is 19.3 Å². The van der Waals surface area contributed by atoms with Crippen molar-refractivity contribution in [3.63, 3.8) is 0 Å². The van der Waals surface area contributed by atoms with Gasteiger partial charge in [-0.2, -0.15) is 5.10 Å². The Labute approximate surface area is 194 Å². The van der Waals surface area contributed by atoms with Crippen LogP contribution in [0.25, 0.3) is 0 Å². The van der Waals surface area contributed by atoms with Crippen molar-refractivity contribution in [1.29, 1.82) is 0 Å². The Bertz CT molecular complexity index is 1330. The molecule has 0 aliphatic rings. The Morgan fingerprint density at radius 3 is 2.12 bits per heavy atom. The number of ether oxygens (including phenoxy) is 1. The van der Waals surface area contributed by atoms with Gasteiger partial charge in [0.05, 0.1) is 22.0 Å². The van der Waals surface area contributed by atoms with Crippen LogP contribution in [0.2, 0.25) is 0 Å². The van der Waals surface area contributed by atoms with E-state index in [0.717, 1.165) is 28.4 Å². The zero-order valence-electron chi connectivity index (χ0n) is 18.7. The summed E-state index contributed by atoms with van der Waals surface area (Å²) in [4.78, 5) is 0.205. The van der Waals surface area contributed by atoms with Crippen molar-refractivity contribution in [2.24, 2.45) is 7.05 Å². The summed E-state index contributed by atoms with van der Waals surface area (Å²) in [7, 11) is -1.91. The third-order valence-corrected chi connectivity index (χ3v) is 6.67. The van der Waals surface area contributed by atoms with Crippen LogP contribution in [-0.2, 0) is 23.6 Å². The first kappa shape index (κ1) is 22.4. The molecule has 0 aliphatic heterocycles. The highest BCUT2D eigenvalue weighted by molar-refractivity contribution is 7.92. The smallest absolute Gasteiger partial charge is 0.262 e. The third kappa shape index (κ3) is 5.35. The van der Waals surface area contributed by atoms with Crippen LogP contribution >= 0.6 is 0 Å². The van der Waals surface area contributed by atoms with Crippen molar-refractivity contribution < 1.29 is 13.2 Å². The van der Waals surface area contributed by atoms with Crippen LogP contribution in [0.15, 0.2) is 83.8 Å².